The monoisotopic (exact) mass is 428 g/mol. The summed E-state index contributed by atoms with van der Waals surface area (Å²) < 4.78 is 7.61. The molecule has 1 aliphatic heterocycles. The summed E-state index contributed by atoms with van der Waals surface area (Å²) >= 11 is 0. The third-order valence-corrected chi connectivity index (χ3v) is 6.26. The van der Waals surface area contributed by atoms with Crippen molar-refractivity contribution in [3.63, 3.8) is 0 Å². The minimum atomic E-state index is 0.0242. The van der Waals surface area contributed by atoms with E-state index in [9.17, 15) is 4.79 Å². The van der Waals surface area contributed by atoms with Crippen LogP contribution in [-0.4, -0.2) is 28.5 Å². The van der Waals surface area contributed by atoms with Gasteiger partial charge in [-0.05, 0) is 49.6 Å². The molecule has 0 bridgehead atoms. The molecule has 0 aliphatic carbocycles. The molecule has 0 radical (unpaired) electrons. The lowest BCUT2D eigenvalue weighted by atomic mass is 9.96. The van der Waals surface area contributed by atoms with Crippen LogP contribution >= 0.6 is 0 Å². The number of amides is 1. The number of para-hydroxylation sites is 2. The lowest BCUT2D eigenvalue weighted by Crippen LogP contribution is -2.41. The van der Waals surface area contributed by atoms with E-state index in [-0.39, 0.29) is 11.8 Å². The molecule has 5 rings (SSSR count). The molecule has 1 N–H and O–H groups in total. The molecule has 0 unspecified atom stereocenters. The fourth-order valence-corrected chi connectivity index (χ4v) is 4.41. The average molecular weight is 429 g/mol. The number of rotatable bonds is 6. The Hall–Kier alpha value is -3.54. The number of benzene rings is 2. The van der Waals surface area contributed by atoms with Gasteiger partial charge in [0, 0.05) is 19.0 Å². The van der Waals surface area contributed by atoms with Crippen molar-refractivity contribution in [3.8, 4) is 0 Å². The van der Waals surface area contributed by atoms with E-state index in [1.54, 1.807) is 6.26 Å². The first-order chi connectivity index (χ1) is 15.7. The number of carbonyl (C=O) groups excluding carboxylic acids is 1. The van der Waals surface area contributed by atoms with Crippen molar-refractivity contribution < 1.29 is 9.21 Å². The first kappa shape index (κ1) is 20.4. The molecule has 3 heterocycles. The quantitative estimate of drug-likeness (QED) is 0.491. The Balaban J connectivity index is 1.30. The van der Waals surface area contributed by atoms with Gasteiger partial charge >= 0.3 is 0 Å². The molecule has 164 valence electrons. The molecule has 2 aromatic carbocycles. The molecule has 2 aromatic heterocycles. The second kappa shape index (κ2) is 8.91. The zero-order chi connectivity index (χ0) is 21.9. The van der Waals surface area contributed by atoms with E-state index < -0.39 is 0 Å². The summed E-state index contributed by atoms with van der Waals surface area (Å²) in [4.78, 5) is 19.9. The number of furan rings is 1. The summed E-state index contributed by atoms with van der Waals surface area (Å²) in [5, 5.41) is 3.01. The van der Waals surface area contributed by atoms with Gasteiger partial charge in [-0.2, -0.15) is 0 Å². The van der Waals surface area contributed by atoms with E-state index in [1.165, 1.54) is 11.1 Å². The molecular formula is C26H28N4O2. The van der Waals surface area contributed by atoms with Crippen LogP contribution in [-0.2, 0) is 17.9 Å². The number of piperidine rings is 1. The molecule has 1 saturated heterocycles. The lowest BCUT2D eigenvalue weighted by Gasteiger charge is -2.32. The topological polar surface area (TPSA) is 63.3 Å². The second-order valence-electron chi connectivity index (χ2n) is 8.53. The van der Waals surface area contributed by atoms with Gasteiger partial charge in [-0.25, -0.2) is 4.98 Å². The first-order valence-corrected chi connectivity index (χ1v) is 11.2. The normalized spacial score (nSPS) is 14.7. The van der Waals surface area contributed by atoms with Crippen LogP contribution in [0.1, 0.15) is 29.7 Å². The van der Waals surface area contributed by atoms with E-state index in [2.05, 4.69) is 64.2 Å². The van der Waals surface area contributed by atoms with Crippen LogP contribution < -0.4 is 10.2 Å². The number of imidazole rings is 1. The van der Waals surface area contributed by atoms with Crippen LogP contribution in [0.2, 0.25) is 0 Å². The highest BCUT2D eigenvalue weighted by Gasteiger charge is 2.27. The maximum atomic E-state index is 12.6. The summed E-state index contributed by atoms with van der Waals surface area (Å²) in [5.41, 5.74) is 4.67. The minimum Gasteiger partial charge on any atom is -0.467 e. The summed E-state index contributed by atoms with van der Waals surface area (Å²) in [5.74, 6) is 1.90. The van der Waals surface area contributed by atoms with E-state index in [0.717, 1.165) is 55.2 Å². The van der Waals surface area contributed by atoms with E-state index in [4.69, 9.17) is 9.40 Å². The van der Waals surface area contributed by atoms with Gasteiger partial charge in [0.1, 0.15) is 5.76 Å². The number of aromatic nitrogens is 2. The van der Waals surface area contributed by atoms with Gasteiger partial charge in [0.25, 0.3) is 0 Å². The molecule has 1 aliphatic rings. The zero-order valence-corrected chi connectivity index (χ0v) is 18.3. The average Bonchev–Trinajstić information content (AvgIpc) is 3.47. The number of anilines is 1. The van der Waals surface area contributed by atoms with Crippen molar-refractivity contribution in [1.29, 1.82) is 0 Å². The zero-order valence-electron chi connectivity index (χ0n) is 18.3. The lowest BCUT2D eigenvalue weighted by molar-refractivity contribution is -0.125. The Bertz CT molecular complexity index is 1190. The smallest absolute Gasteiger partial charge is 0.223 e. The van der Waals surface area contributed by atoms with E-state index >= 15 is 0 Å². The van der Waals surface area contributed by atoms with E-state index in [1.807, 2.05) is 18.2 Å². The summed E-state index contributed by atoms with van der Waals surface area (Å²) in [6.07, 6.45) is 3.26. The minimum absolute atomic E-state index is 0.0242. The highest BCUT2D eigenvalue weighted by atomic mass is 16.3. The van der Waals surface area contributed by atoms with Crippen molar-refractivity contribution in [2.24, 2.45) is 5.92 Å². The van der Waals surface area contributed by atoms with Crippen molar-refractivity contribution in [2.75, 3.05) is 18.0 Å². The van der Waals surface area contributed by atoms with E-state index in [0.29, 0.717) is 6.54 Å². The molecule has 6 heteroatoms. The molecule has 32 heavy (non-hydrogen) atoms. The maximum absolute atomic E-state index is 12.6. The van der Waals surface area contributed by atoms with Gasteiger partial charge in [-0.15, -0.1) is 0 Å². The molecule has 1 fully saturated rings. The Morgan fingerprint density at radius 1 is 1.06 bits per heavy atom. The highest BCUT2D eigenvalue weighted by molar-refractivity contribution is 5.80. The third kappa shape index (κ3) is 4.26. The van der Waals surface area contributed by atoms with Gasteiger partial charge in [-0.1, -0.05) is 42.0 Å². The van der Waals surface area contributed by atoms with Crippen LogP contribution in [0.15, 0.2) is 71.3 Å². The van der Waals surface area contributed by atoms with Crippen molar-refractivity contribution >= 4 is 22.9 Å². The number of nitrogens with zero attached hydrogens (tertiary/aromatic N) is 3. The van der Waals surface area contributed by atoms with Crippen LogP contribution in [0.25, 0.3) is 11.0 Å². The summed E-state index contributed by atoms with van der Waals surface area (Å²) in [7, 11) is 0. The Morgan fingerprint density at radius 3 is 2.59 bits per heavy atom. The van der Waals surface area contributed by atoms with Gasteiger partial charge in [0.15, 0.2) is 0 Å². The number of hydrogen-bond acceptors (Lipinski definition) is 4. The Morgan fingerprint density at radius 2 is 1.84 bits per heavy atom. The van der Waals surface area contributed by atoms with Crippen LogP contribution in [0.5, 0.6) is 0 Å². The Labute approximate surface area is 187 Å². The van der Waals surface area contributed by atoms with Gasteiger partial charge in [0.05, 0.1) is 30.4 Å². The second-order valence-corrected chi connectivity index (χ2v) is 8.53. The predicted molar refractivity (Wildman–Crippen MR) is 126 cm³/mol. The molecule has 4 aromatic rings. The van der Waals surface area contributed by atoms with Crippen LogP contribution in [0.3, 0.4) is 0 Å². The fourth-order valence-electron chi connectivity index (χ4n) is 4.41. The van der Waals surface area contributed by atoms with Crippen LogP contribution in [0, 0.1) is 12.8 Å². The van der Waals surface area contributed by atoms with Gasteiger partial charge < -0.3 is 19.2 Å². The molecule has 0 atom stereocenters. The molecule has 0 spiro atoms. The summed E-state index contributed by atoms with van der Waals surface area (Å²) in [6, 6.07) is 20.7. The number of nitrogens with one attached hydrogen (secondary N) is 1. The first-order valence-electron chi connectivity index (χ1n) is 11.2. The van der Waals surface area contributed by atoms with Crippen molar-refractivity contribution in [3.05, 3.63) is 83.8 Å². The molecule has 1 amide bonds. The maximum Gasteiger partial charge on any atom is 0.223 e. The molecular weight excluding hydrogens is 400 g/mol. The summed E-state index contributed by atoms with van der Waals surface area (Å²) in [6.45, 7) is 4.96. The number of carbonyl (C=O) groups is 1. The van der Waals surface area contributed by atoms with Crippen molar-refractivity contribution in [2.45, 2.75) is 32.9 Å². The number of hydrogen-bond donors (Lipinski definition) is 1. The standard InChI is InChI=1S/C26H28N4O2/c1-19-8-10-20(11-9-19)18-30-24-7-3-2-6-23(24)28-26(30)29-14-12-21(13-15-29)25(31)27-17-22-5-4-16-32-22/h2-11,16,21H,12-15,17-18H2,1H3,(H,27,31). The van der Waals surface area contributed by atoms with Crippen molar-refractivity contribution in [1.82, 2.24) is 14.9 Å². The van der Waals surface area contributed by atoms with Gasteiger partial charge in [-0.3, -0.25) is 4.79 Å². The predicted octanol–water partition coefficient (Wildman–Crippen LogP) is 4.52. The Kier molecular flexibility index (Phi) is 5.67. The van der Waals surface area contributed by atoms with Gasteiger partial charge in [0.2, 0.25) is 11.9 Å². The highest BCUT2D eigenvalue weighted by Crippen LogP contribution is 2.28. The molecule has 6 nitrogen and oxygen atoms in total. The third-order valence-electron chi connectivity index (χ3n) is 6.26. The van der Waals surface area contributed by atoms with Crippen LogP contribution in [0.4, 0.5) is 5.95 Å². The SMILES string of the molecule is Cc1ccc(Cn2c(N3CCC(C(=O)NCc4ccco4)CC3)nc3ccccc32)cc1. The largest absolute Gasteiger partial charge is 0.467 e. The molecule has 0 saturated carbocycles. The number of fused-ring (bicyclic) bond motifs is 1. The number of aryl methyl sites for hydroxylation is 1. The fraction of sp³-hybridized carbons (Fsp3) is 0.308.